The van der Waals surface area contributed by atoms with Gasteiger partial charge in [-0.25, -0.2) is 0 Å². The lowest BCUT2D eigenvalue weighted by Gasteiger charge is -2.24. The molecule has 2 aromatic rings. The molecule has 1 atom stereocenters. The Bertz CT molecular complexity index is 661. The minimum absolute atomic E-state index is 0.123. The van der Waals surface area contributed by atoms with Gasteiger partial charge in [-0.1, -0.05) is 30.3 Å². The van der Waals surface area contributed by atoms with Crippen molar-refractivity contribution in [2.45, 2.75) is 39.3 Å². The van der Waals surface area contributed by atoms with Crippen LogP contribution in [0.3, 0.4) is 0 Å². The summed E-state index contributed by atoms with van der Waals surface area (Å²) in [5, 5.41) is 5.11. The van der Waals surface area contributed by atoms with Gasteiger partial charge in [0.15, 0.2) is 6.10 Å². The lowest BCUT2D eigenvalue weighted by Crippen LogP contribution is -2.46. The Labute approximate surface area is 133 Å². The molecule has 0 fully saturated rings. The molecule has 0 bridgehead atoms. The summed E-state index contributed by atoms with van der Waals surface area (Å²) in [6.07, 6.45) is -0.554. The number of halogens is 1. The monoisotopic (exact) mass is 349 g/mol. The highest BCUT2D eigenvalue weighted by atomic mass is 79.9. The van der Waals surface area contributed by atoms with Crippen molar-refractivity contribution in [1.82, 2.24) is 5.32 Å². The molecule has 0 aliphatic heterocycles. The van der Waals surface area contributed by atoms with Crippen LogP contribution in [0, 0.1) is 0 Å². The number of nitrogens with one attached hydrogen (secondary N) is 1. The third kappa shape index (κ3) is 3.97. The predicted molar refractivity (Wildman–Crippen MR) is 89.6 cm³/mol. The number of benzene rings is 2. The zero-order chi connectivity index (χ0) is 15.6. The quantitative estimate of drug-likeness (QED) is 0.897. The molecule has 1 amide bonds. The molecule has 0 aliphatic rings. The molecule has 0 aliphatic carbocycles. The van der Waals surface area contributed by atoms with E-state index in [2.05, 4.69) is 21.2 Å². The van der Waals surface area contributed by atoms with Gasteiger partial charge < -0.3 is 10.1 Å². The van der Waals surface area contributed by atoms with Gasteiger partial charge in [0.2, 0.25) is 0 Å². The van der Waals surface area contributed by atoms with E-state index in [0.717, 1.165) is 15.2 Å². The number of rotatable bonds is 3. The Hall–Kier alpha value is -1.55. The second-order valence-corrected chi connectivity index (χ2v) is 6.89. The average Bonchev–Trinajstić information content (AvgIpc) is 2.40. The predicted octanol–water partition coefficient (Wildman–Crippen LogP) is 4.28. The maximum atomic E-state index is 12.1. The van der Waals surface area contributed by atoms with Crippen LogP contribution < -0.4 is 10.1 Å². The fourth-order valence-electron chi connectivity index (χ4n) is 2.02. The molecule has 0 spiro atoms. The molecule has 4 heteroatoms. The number of hydrogen-bond donors (Lipinski definition) is 1. The summed E-state index contributed by atoms with van der Waals surface area (Å²) in [5.41, 5.74) is -0.269. The molecule has 0 heterocycles. The van der Waals surface area contributed by atoms with Crippen molar-refractivity contribution in [1.29, 1.82) is 0 Å². The number of fused-ring (bicyclic) bond motifs is 1. The summed E-state index contributed by atoms with van der Waals surface area (Å²) in [6, 6.07) is 11.9. The first-order chi connectivity index (χ1) is 9.78. The molecule has 112 valence electrons. The largest absolute Gasteiger partial charge is 0.480 e. The minimum Gasteiger partial charge on any atom is -0.480 e. The van der Waals surface area contributed by atoms with Crippen LogP contribution in [0.5, 0.6) is 5.75 Å². The molecule has 21 heavy (non-hydrogen) atoms. The SMILES string of the molecule is CC(Oc1ccc2ccccc2c1Br)C(=O)NC(C)(C)C. The van der Waals surface area contributed by atoms with E-state index in [1.54, 1.807) is 6.92 Å². The second-order valence-electron chi connectivity index (χ2n) is 6.10. The Morgan fingerprint density at radius 3 is 2.52 bits per heavy atom. The van der Waals surface area contributed by atoms with Gasteiger partial charge in [0.05, 0.1) is 4.47 Å². The fraction of sp³-hybridized carbons (Fsp3) is 0.353. The van der Waals surface area contributed by atoms with Crippen LogP contribution in [0.25, 0.3) is 10.8 Å². The summed E-state index contributed by atoms with van der Waals surface area (Å²) in [5.74, 6) is 0.549. The summed E-state index contributed by atoms with van der Waals surface area (Å²) in [4.78, 5) is 12.1. The van der Waals surface area contributed by atoms with Gasteiger partial charge in [0.25, 0.3) is 5.91 Å². The first-order valence-electron chi connectivity index (χ1n) is 6.94. The maximum absolute atomic E-state index is 12.1. The van der Waals surface area contributed by atoms with E-state index in [9.17, 15) is 4.79 Å². The van der Waals surface area contributed by atoms with Gasteiger partial charge >= 0.3 is 0 Å². The van der Waals surface area contributed by atoms with Crippen molar-refractivity contribution >= 4 is 32.6 Å². The molecule has 0 saturated carbocycles. The van der Waals surface area contributed by atoms with E-state index < -0.39 is 6.10 Å². The highest BCUT2D eigenvalue weighted by molar-refractivity contribution is 9.10. The normalized spacial score (nSPS) is 13.0. The molecule has 2 rings (SSSR count). The molecular weight excluding hydrogens is 330 g/mol. The van der Waals surface area contributed by atoms with Crippen molar-refractivity contribution in [3.63, 3.8) is 0 Å². The van der Waals surface area contributed by atoms with Gasteiger partial charge in [0, 0.05) is 5.54 Å². The van der Waals surface area contributed by atoms with Gasteiger partial charge in [-0.2, -0.15) is 0 Å². The van der Waals surface area contributed by atoms with E-state index in [1.807, 2.05) is 57.2 Å². The molecule has 0 saturated heterocycles. The minimum atomic E-state index is -0.554. The number of carbonyl (C=O) groups excluding carboxylic acids is 1. The van der Waals surface area contributed by atoms with Crippen LogP contribution in [-0.2, 0) is 4.79 Å². The van der Waals surface area contributed by atoms with Crippen LogP contribution in [0.1, 0.15) is 27.7 Å². The third-order valence-electron chi connectivity index (χ3n) is 3.00. The molecular formula is C17H20BrNO2. The standard InChI is InChI=1S/C17H20BrNO2/c1-11(16(20)19-17(2,3)4)21-14-10-9-12-7-5-6-8-13(12)15(14)18/h5-11H,1-4H3,(H,19,20). The van der Waals surface area contributed by atoms with Crippen molar-refractivity contribution < 1.29 is 9.53 Å². The topological polar surface area (TPSA) is 38.3 Å². The Morgan fingerprint density at radius 1 is 1.19 bits per heavy atom. The van der Waals surface area contributed by atoms with Gasteiger partial charge in [-0.3, -0.25) is 4.79 Å². The Kier molecular flexibility index (Phi) is 4.57. The zero-order valence-corrected chi connectivity index (χ0v) is 14.3. The molecule has 3 nitrogen and oxygen atoms in total. The number of amides is 1. The van der Waals surface area contributed by atoms with Crippen molar-refractivity contribution in [2.24, 2.45) is 0 Å². The number of ether oxygens (including phenoxy) is 1. The van der Waals surface area contributed by atoms with Crippen LogP contribution in [0.15, 0.2) is 40.9 Å². The number of carbonyl (C=O) groups is 1. The summed E-state index contributed by atoms with van der Waals surface area (Å²) in [7, 11) is 0. The molecule has 2 aromatic carbocycles. The molecule has 0 radical (unpaired) electrons. The molecule has 1 unspecified atom stereocenters. The molecule has 1 N–H and O–H groups in total. The van der Waals surface area contributed by atoms with E-state index in [-0.39, 0.29) is 11.4 Å². The zero-order valence-electron chi connectivity index (χ0n) is 12.7. The van der Waals surface area contributed by atoms with Gasteiger partial charge in [0.1, 0.15) is 5.75 Å². The fourth-order valence-corrected chi connectivity index (χ4v) is 2.61. The van der Waals surface area contributed by atoms with Gasteiger partial charge in [-0.15, -0.1) is 0 Å². The first-order valence-corrected chi connectivity index (χ1v) is 7.73. The van der Waals surface area contributed by atoms with Crippen LogP contribution in [0.4, 0.5) is 0 Å². The average molecular weight is 350 g/mol. The summed E-state index contributed by atoms with van der Waals surface area (Å²) < 4.78 is 6.67. The summed E-state index contributed by atoms with van der Waals surface area (Å²) >= 11 is 3.56. The summed E-state index contributed by atoms with van der Waals surface area (Å²) in [6.45, 7) is 7.60. The smallest absolute Gasteiger partial charge is 0.261 e. The lowest BCUT2D eigenvalue weighted by molar-refractivity contribution is -0.128. The highest BCUT2D eigenvalue weighted by Gasteiger charge is 2.21. The van der Waals surface area contributed by atoms with Gasteiger partial charge in [-0.05, 0) is 60.5 Å². The lowest BCUT2D eigenvalue weighted by atomic mass is 10.1. The van der Waals surface area contributed by atoms with Crippen molar-refractivity contribution in [2.75, 3.05) is 0 Å². The van der Waals surface area contributed by atoms with Crippen molar-refractivity contribution in [3.05, 3.63) is 40.9 Å². The number of hydrogen-bond acceptors (Lipinski definition) is 2. The maximum Gasteiger partial charge on any atom is 0.261 e. The van der Waals surface area contributed by atoms with Crippen LogP contribution in [-0.4, -0.2) is 17.6 Å². The third-order valence-corrected chi connectivity index (χ3v) is 3.82. The van der Waals surface area contributed by atoms with E-state index in [4.69, 9.17) is 4.74 Å². The van der Waals surface area contributed by atoms with E-state index in [0.29, 0.717) is 5.75 Å². The highest BCUT2D eigenvalue weighted by Crippen LogP contribution is 2.33. The van der Waals surface area contributed by atoms with E-state index >= 15 is 0 Å². The van der Waals surface area contributed by atoms with Crippen LogP contribution >= 0.6 is 15.9 Å². The second kappa shape index (κ2) is 6.06. The van der Waals surface area contributed by atoms with Crippen molar-refractivity contribution in [3.8, 4) is 5.75 Å². The van der Waals surface area contributed by atoms with E-state index in [1.165, 1.54) is 0 Å². The van der Waals surface area contributed by atoms with Crippen LogP contribution in [0.2, 0.25) is 0 Å². The molecule has 0 aromatic heterocycles. The Morgan fingerprint density at radius 2 is 1.86 bits per heavy atom. The Balaban J connectivity index is 2.20. The first kappa shape index (κ1) is 15.8.